The second-order valence-corrected chi connectivity index (χ2v) is 5.26. The maximum absolute atomic E-state index is 2.83. The molecule has 0 aromatic rings. The zero-order valence-corrected chi connectivity index (χ0v) is 8.21. The van der Waals surface area contributed by atoms with Crippen molar-refractivity contribution in [3.63, 3.8) is 0 Å². The van der Waals surface area contributed by atoms with Crippen LogP contribution < -0.4 is 0 Å². The summed E-state index contributed by atoms with van der Waals surface area (Å²) in [6.45, 7) is 6.38. The third kappa shape index (κ3) is 0.618. The average molecular weight is 165 g/mol. The van der Waals surface area contributed by atoms with Gasteiger partial charge in [0, 0.05) is 11.6 Å². The van der Waals surface area contributed by atoms with Crippen LogP contribution in [0.1, 0.15) is 39.5 Å². The van der Waals surface area contributed by atoms with Gasteiger partial charge in [0.25, 0.3) is 0 Å². The lowest BCUT2D eigenvalue weighted by Gasteiger charge is -2.38. The molecule has 2 heterocycles. The van der Waals surface area contributed by atoms with Gasteiger partial charge >= 0.3 is 0 Å². The molecule has 0 aromatic carbocycles. The van der Waals surface area contributed by atoms with Gasteiger partial charge in [0.15, 0.2) is 0 Å². The molecule has 0 N–H and O–H groups in total. The third-order valence-electron chi connectivity index (χ3n) is 4.95. The van der Waals surface area contributed by atoms with E-state index in [1.54, 1.807) is 0 Å². The van der Waals surface area contributed by atoms with Crippen molar-refractivity contribution in [3.05, 3.63) is 0 Å². The molecule has 0 amide bonds. The summed E-state index contributed by atoms with van der Waals surface area (Å²) in [5.74, 6) is 2.03. The summed E-state index contributed by atoms with van der Waals surface area (Å²) < 4.78 is 0. The monoisotopic (exact) mass is 165 g/mol. The lowest BCUT2D eigenvalue weighted by Crippen LogP contribution is -2.45. The van der Waals surface area contributed by atoms with Crippen molar-refractivity contribution in [2.24, 2.45) is 11.8 Å². The highest BCUT2D eigenvalue weighted by Crippen LogP contribution is 2.56. The molecule has 0 aromatic heterocycles. The summed E-state index contributed by atoms with van der Waals surface area (Å²) in [5.41, 5.74) is 0.627. The normalized spacial score (nSPS) is 58.0. The number of piperidine rings is 1. The standard InChI is InChI=1S/C11H19N/c1-8-9-4-5-10(8)12-7-3-6-11(9,12)2/h8-10H,3-7H2,1-2H3. The molecule has 2 saturated heterocycles. The first-order valence-corrected chi connectivity index (χ1v) is 5.50. The Morgan fingerprint density at radius 3 is 2.92 bits per heavy atom. The Morgan fingerprint density at radius 1 is 1.33 bits per heavy atom. The fraction of sp³-hybridized carbons (Fsp3) is 1.00. The van der Waals surface area contributed by atoms with E-state index in [1.807, 2.05) is 0 Å². The van der Waals surface area contributed by atoms with Crippen LogP contribution in [0.15, 0.2) is 0 Å². The van der Waals surface area contributed by atoms with Crippen molar-refractivity contribution in [2.75, 3.05) is 6.54 Å². The van der Waals surface area contributed by atoms with Crippen molar-refractivity contribution in [3.8, 4) is 0 Å². The topological polar surface area (TPSA) is 3.24 Å². The molecule has 4 atom stereocenters. The van der Waals surface area contributed by atoms with Crippen molar-refractivity contribution >= 4 is 0 Å². The predicted molar refractivity (Wildman–Crippen MR) is 50.0 cm³/mol. The molecule has 0 spiro atoms. The molecule has 68 valence electrons. The van der Waals surface area contributed by atoms with Crippen LogP contribution in [0.4, 0.5) is 0 Å². The van der Waals surface area contributed by atoms with Gasteiger partial charge < -0.3 is 0 Å². The molecule has 1 aliphatic carbocycles. The first-order valence-electron chi connectivity index (χ1n) is 5.50. The molecule has 4 unspecified atom stereocenters. The number of nitrogens with zero attached hydrogens (tertiary/aromatic N) is 1. The summed E-state index contributed by atoms with van der Waals surface area (Å²) >= 11 is 0. The molecule has 3 rings (SSSR count). The minimum atomic E-state index is 0.627. The molecule has 0 radical (unpaired) electrons. The van der Waals surface area contributed by atoms with E-state index in [4.69, 9.17) is 0 Å². The summed E-state index contributed by atoms with van der Waals surface area (Å²) in [6, 6.07) is 0.961. The first kappa shape index (κ1) is 7.37. The second kappa shape index (κ2) is 2.06. The highest BCUT2D eigenvalue weighted by atomic mass is 15.3. The van der Waals surface area contributed by atoms with Gasteiger partial charge in [-0.15, -0.1) is 0 Å². The van der Waals surface area contributed by atoms with E-state index in [9.17, 15) is 0 Å². The van der Waals surface area contributed by atoms with Gasteiger partial charge in [-0.3, -0.25) is 4.90 Å². The molecule has 2 aliphatic heterocycles. The third-order valence-corrected chi connectivity index (χ3v) is 4.95. The van der Waals surface area contributed by atoms with Crippen LogP contribution in [0.3, 0.4) is 0 Å². The van der Waals surface area contributed by atoms with E-state index in [1.165, 1.54) is 32.2 Å². The maximum Gasteiger partial charge on any atom is 0.0216 e. The summed E-state index contributed by atoms with van der Waals surface area (Å²) in [7, 11) is 0. The van der Waals surface area contributed by atoms with Gasteiger partial charge in [-0.25, -0.2) is 0 Å². The van der Waals surface area contributed by atoms with E-state index >= 15 is 0 Å². The molecular formula is C11H19N. The summed E-state index contributed by atoms with van der Waals surface area (Å²) in [6.07, 6.45) is 5.93. The smallest absolute Gasteiger partial charge is 0.0216 e. The van der Waals surface area contributed by atoms with E-state index in [0.717, 1.165) is 17.9 Å². The molecule has 2 bridgehead atoms. The Morgan fingerprint density at radius 2 is 2.17 bits per heavy atom. The lowest BCUT2D eigenvalue weighted by atomic mass is 9.81. The maximum atomic E-state index is 2.83. The highest BCUT2D eigenvalue weighted by molar-refractivity contribution is 5.13. The van der Waals surface area contributed by atoms with Crippen LogP contribution in [0, 0.1) is 11.8 Å². The molecule has 1 heteroatoms. The largest absolute Gasteiger partial charge is 0.294 e. The second-order valence-electron chi connectivity index (χ2n) is 5.26. The van der Waals surface area contributed by atoms with Crippen LogP contribution in [0.2, 0.25) is 0 Å². The van der Waals surface area contributed by atoms with Gasteiger partial charge in [0.05, 0.1) is 0 Å². The van der Waals surface area contributed by atoms with Crippen molar-refractivity contribution in [2.45, 2.75) is 51.1 Å². The van der Waals surface area contributed by atoms with Gasteiger partial charge in [-0.1, -0.05) is 6.92 Å². The van der Waals surface area contributed by atoms with E-state index in [-0.39, 0.29) is 0 Å². The zero-order valence-electron chi connectivity index (χ0n) is 8.21. The van der Waals surface area contributed by atoms with E-state index in [0.29, 0.717) is 5.54 Å². The Bertz CT molecular complexity index is 207. The summed E-state index contributed by atoms with van der Waals surface area (Å²) in [5, 5.41) is 0. The van der Waals surface area contributed by atoms with Gasteiger partial charge in [0.2, 0.25) is 0 Å². The minimum absolute atomic E-state index is 0.627. The van der Waals surface area contributed by atoms with Gasteiger partial charge in [-0.05, 0) is 51.0 Å². The molecule has 12 heavy (non-hydrogen) atoms. The summed E-state index contributed by atoms with van der Waals surface area (Å²) in [4.78, 5) is 2.83. The molecular weight excluding hydrogens is 146 g/mol. The number of hydrogen-bond acceptors (Lipinski definition) is 1. The predicted octanol–water partition coefficient (Wildman–Crippen LogP) is 2.27. The van der Waals surface area contributed by atoms with Crippen LogP contribution in [-0.2, 0) is 0 Å². The average Bonchev–Trinajstić information content (AvgIpc) is 2.60. The fourth-order valence-corrected chi connectivity index (χ4v) is 4.41. The Hall–Kier alpha value is -0.0400. The van der Waals surface area contributed by atoms with Crippen LogP contribution in [0.25, 0.3) is 0 Å². The minimum Gasteiger partial charge on any atom is -0.294 e. The number of fused-ring (bicyclic) bond motifs is 5. The lowest BCUT2D eigenvalue weighted by molar-refractivity contribution is 0.0993. The Labute approximate surface area is 75.1 Å². The zero-order chi connectivity index (χ0) is 8.34. The number of hydrogen-bond donors (Lipinski definition) is 0. The first-order chi connectivity index (χ1) is 5.73. The Balaban J connectivity index is 2.01. The molecule has 1 nitrogen and oxygen atoms in total. The van der Waals surface area contributed by atoms with Gasteiger partial charge in [-0.2, -0.15) is 0 Å². The number of rotatable bonds is 0. The molecule has 3 fully saturated rings. The van der Waals surface area contributed by atoms with E-state index in [2.05, 4.69) is 18.7 Å². The highest BCUT2D eigenvalue weighted by Gasteiger charge is 2.59. The van der Waals surface area contributed by atoms with E-state index < -0.39 is 0 Å². The van der Waals surface area contributed by atoms with Crippen LogP contribution in [-0.4, -0.2) is 23.0 Å². The van der Waals surface area contributed by atoms with Crippen molar-refractivity contribution < 1.29 is 0 Å². The van der Waals surface area contributed by atoms with Crippen LogP contribution in [0.5, 0.6) is 0 Å². The van der Waals surface area contributed by atoms with Crippen molar-refractivity contribution in [1.29, 1.82) is 0 Å². The molecule has 1 saturated carbocycles. The quantitative estimate of drug-likeness (QED) is 0.532. The van der Waals surface area contributed by atoms with Crippen LogP contribution >= 0.6 is 0 Å². The van der Waals surface area contributed by atoms with Gasteiger partial charge in [0.1, 0.15) is 0 Å². The molecule has 3 aliphatic rings. The van der Waals surface area contributed by atoms with Crippen molar-refractivity contribution in [1.82, 2.24) is 4.90 Å². The fourth-order valence-electron chi connectivity index (χ4n) is 4.41. The Kier molecular flexibility index (Phi) is 1.27. The SMILES string of the molecule is CC1C2CCC1C1(C)CCCN21.